The van der Waals surface area contributed by atoms with Crippen LogP contribution >= 0.6 is 0 Å². The first-order valence-electron chi connectivity index (χ1n) is 6.48. The predicted molar refractivity (Wildman–Crippen MR) is 86.2 cm³/mol. The van der Waals surface area contributed by atoms with Gasteiger partial charge in [0.1, 0.15) is 0 Å². The van der Waals surface area contributed by atoms with E-state index in [0.717, 1.165) is 11.0 Å². The lowest BCUT2D eigenvalue weighted by molar-refractivity contribution is 0.0698. The lowest BCUT2D eigenvalue weighted by atomic mass is 10.1. The maximum Gasteiger partial charge on any atom is 0.337 e. The number of rotatable bonds is 5. The summed E-state index contributed by atoms with van der Waals surface area (Å²) in [7, 11) is -3.81. The van der Waals surface area contributed by atoms with Crippen LogP contribution in [0.3, 0.4) is 0 Å². The van der Waals surface area contributed by atoms with Gasteiger partial charge in [0.25, 0.3) is 10.0 Å². The van der Waals surface area contributed by atoms with Crippen LogP contribution in [0.15, 0.2) is 53.9 Å². The Morgan fingerprint density at radius 2 is 1.77 bits per heavy atom. The van der Waals surface area contributed by atoms with Crippen LogP contribution in [0, 0.1) is 6.92 Å². The average molecular weight is 317 g/mol. The van der Waals surface area contributed by atoms with Crippen molar-refractivity contribution in [1.29, 1.82) is 0 Å². The van der Waals surface area contributed by atoms with Crippen molar-refractivity contribution in [3.8, 4) is 0 Å². The first-order valence-corrected chi connectivity index (χ1v) is 8.02. The van der Waals surface area contributed by atoms with E-state index < -0.39 is 16.0 Å². The van der Waals surface area contributed by atoms with E-state index in [9.17, 15) is 13.2 Å². The summed E-state index contributed by atoms with van der Waals surface area (Å²) >= 11 is 0. The molecule has 0 fully saturated rings. The molecule has 0 aliphatic heterocycles. The van der Waals surface area contributed by atoms with E-state index in [1.165, 1.54) is 12.1 Å². The van der Waals surface area contributed by atoms with Gasteiger partial charge in [-0.05, 0) is 30.2 Å². The van der Waals surface area contributed by atoms with Crippen LogP contribution in [0.5, 0.6) is 0 Å². The highest BCUT2D eigenvalue weighted by Crippen LogP contribution is 2.22. The van der Waals surface area contributed by atoms with Gasteiger partial charge in [0, 0.05) is 0 Å². The number of benzene rings is 2. The number of hydrogen-bond donors (Lipinski definition) is 2. The Hall–Kier alpha value is -2.60. The second-order valence-corrected chi connectivity index (χ2v) is 6.23. The van der Waals surface area contributed by atoms with Crippen LogP contribution in [0.4, 0.5) is 5.69 Å². The zero-order valence-corrected chi connectivity index (χ0v) is 12.7. The van der Waals surface area contributed by atoms with Gasteiger partial charge >= 0.3 is 5.97 Å². The Bertz CT molecular complexity index is 811. The summed E-state index contributed by atoms with van der Waals surface area (Å²) in [5, 5.41) is 10.2. The van der Waals surface area contributed by atoms with Gasteiger partial charge in [-0.3, -0.25) is 4.72 Å². The van der Waals surface area contributed by atoms with Crippen molar-refractivity contribution in [2.24, 2.45) is 0 Å². The van der Waals surface area contributed by atoms with E-state index in [4.69, 9.17) is 5.11 Å². The summed E-state index contributed by atoms with van der Waals surface area (Å²) in [5.41, 5.74) is 1.26. The Labute approximate surface area is 129 Å². The number of para-hydroxylation sites is 1. The Balaban J connectivity index is 2.30. The van der Waals surface area contributed by atoms with E-state index in [1.807, 2.05) is 6.07 Å². The summed E-state index contributed by atoms with van der Waals surface area (Å²) < 4.78 is 26.5. The number of carbonyl (C=O) groups is 1. The summed E-state index contributed by atoms with van der Waals surface area (Å²) in [6, 6.07) is 13.5. The highest BCUT2D eigenvalue weighted by atomic mass is 32.2. The minimum absolute atomic E-state index is 0.0766. The quantitative estimate of drug-likeness (QED) is 0.887. The molecular formula is C16H15NO4S. The third kappa shape index (κ3) is 3.95. The smallest absolute Gasteiger partial charge is 0.337 e. The fourth-order valence-electron chi connectivity index (χ4n) is 1.89. The molecule has 2 aromatic rings. The van der Waals surface area contributed by atoms with Crippen molar-refractivity contribution in [1.82, 2.24) is 0 Å². The lowest BCUT2D eigenvalue weighted by Crippen LogP contribution is -2.13. The standard InChI is InChI=1S/C16H15NO4S/c1-12-6-5-9-14(16(18)19)15(12)17-22(20,21)11-10-13-7-3-2-4-8-13/h2-11,17H,1H3,(H,18,19). The molecule has 0 heterocycles. The van der Waals surface area contributed by atoms with Gasteiger partial charge in [0.2, 0.25) is 0 Å². The molecule has 0 bridgehead atoms. The molecule has 0 aliphatic carbocycles. The average Bonchev–Trinajstić information content (AvgIpc) is 2.48. The monoisotopic (exact) mass is 317 g/mol. The highest BCUT2D eigenvalue weighted by molar-refractivity contribution is 7.95. The van der Waals surface area contributed by atoms with Gasteiger partial charge in [-0.25, -0.2) is 13.2 Å². The molecule has 0 aromatic heterocycles. The molecule has 2 rings (SSSR count). The summed E-state index contributed by atoms with van der Waals surface area (Å²) in [4.78, 5) is 11.2. The first kappa shape index (κ1) is 15.8. The van der Waals surface area contributed by atoms with Crippen molar-refractivity contribution in [2.45, 2.75) is 6.92 Å². The van der Waals surface area contributed by atoms with Crippen molar-refractivity contribution < 1.29 is 18.3 Å². The van der Waals surface area contributed by atoms with Crippen LogP contribution in [0.2, 0.25) is 0 Å². The number of hydrogen-bond acceptors (Lipinski definition) is 3. The maximum absolute atomic E-state index is 12.1. The second-order valence-electron chi connectivity index (χ2n) is 4.66. The van der Waals surface area contributed by atoms with E-state index in [-0.39, 0.29) is 11.3 Å². The van der Waals surface area contributed by atoms with Gasteiger partial charge in [-0.15, -0.1) is 0 Å². The normalized spacial score (nSPS) is 11.5. The van der Waals surface area contributed by atoms with Crippen LogP contribution < -0.4 is 4.72 Å². The largest absolute Gasteiger partial charge is 0.478 e. The number of aromatic carboxylic acids is 1. The number of anilines is 1. The van der Waals surface area contributed by atoms with Gasteiger partial charge in [-0.1, -0.05) is 42.5 Å². The third-order valence-electron chi connectivity index (χ3n) is 2.99. The summed E-state index contributed by atoms with van der Waals surface area (Å²) in [6.07, 6.45) is 1.45. The second kappa shape index (κ2) is 6.44. The minimum atomic E-state index is -3.81. The van der Waals surface area contributed by atoms with Crippen LogP contribution in [-0.2, 0) is 10.0 Å². The van der Waals surface area contributed by atoms with Crippen LogP contribution in [0.25, 0.3) is 6.08 Å². The van der Waals surface area contributed by atoms with Crippen molar-refractivity contribution in [3.05, 3.63) is 70.6 Å². The Morgan fingerprint density at radius 3 is 2.41 bits per heavy atom. The van der Waals surface area contributed by atoms with E-state index in [1.54, 1.807) is 43.3 Å². The maximum atomic E-state index is 12.1. The van der Waals surface area contributed by atoms with Gasteiger partial charge < -0.3 is 5.11 Å². The number of nitrogens with one attached hydrogen (secondary N) is 1. The van der Waals surface area contributed by atoms with Crippen LogP contribution in [-0.4, -0.2) is 19.5 Å². The summed E-state index contributed by atoms with van der Waals surface area (Å²) in [6.45, 7) is 1.64. The molecule has 0 saturated heterocycles. The molecule has 2 aromatic carbocycles. The number of carboxylic acids is 1. The zero-order chi connectivity index (χ0) is 16.2. The number of sulfonamides is 1. The van der Waals surface area contributed by atoms with Gasteiger partial charge in [0.15, 0.2) is 0 Å². The lowest BCUT2D eigenvalue weighted by Gasteiger charge is -2.11. The molecule has 0 amide bonds. The van der Waals surface area contributed by atoms with Crippen molar-refractivity contribution in [2.75, 3.05) is 4.72 Å². The molecule has 0 spiro atoms. The molecule has 2 N–H and O–H groups in total. The van der Waals surface area contributed by atoms with Crippen LogP contribution in [0.1, 0.15) is 21.5 Å². The molecule has 0 saturated carbocycles. The molecule has 5 nitrogen and oxygen atoms in total. The zero-order valence-electron chi connectivity index (χ0n) is 11.9. The minimum Gasteiger partial charge on any atom is -0.478 e. The molecule has 6 heteroatoms. The fraction of sp³-hybridized carbons (Fsp3) is 0.0625. The van der Waals surface area contributed by atoms with E-state index in [2.05, 4.69) is 4.72 Å². The Kier molecular flexibility index (Phi) is 4.62. The molecule has 0 atom stereocenters. The van der Waals surface area contributed by atoms with Crippen molar-refractivity contribution in [3.63, 3.8) is 0 Å². The molecule has 0 unspecified atom stereocenters. The Morgan fingerprint density at radius 1 is 1.09 bits per heavy atom. The van der Waals surface area contributed by atoms with E-state index >= 15 is 0 Å². The topological polar surface area (TPSA) is 83.5 Å². The molecule has 0 aliphatic rings. The fourth-order valence-corrected chi connectivity index (χ4v) is 2.85. The van der Waals surface area contributed by atoms with E-state index in [0.29, 0.717) is 5.56 Å². The first-order chi connectivity index (χ1) is 10.4. The van der Waals surface area contributed by atoms with Gasteiger partial charge in [0.05, 0.1) is 16.7 Å². The molecule has 22 heavy (non-hydrogen) atoms. The molecule has 0 radical (unpaired) electrons. The SMILES string of the molecule is Cc1cccc(C(=O)O)c1NS(=O)(=O)C=Cc1ccccc1. The predicted octanol–water partition coefficient (Wildman–Crippen LogP) is 3.11. The molecular weight excluding hydrogens is 302 g/mol. The third-order valence-corrected chi connectivity index (χ3v) is 3.97. The highest BCUT2D eigenvalue weighted by Gasteiger charge is 2.16. The number of carboxylic acid groups (broad SMARTS) is 1. The summed E-state index contributed by atoms with van der Waals surface area (Å²) in [5.74, 6) is -1.19. The number of aryl methyl sites for hydroxylation is 1. The molecule has 114 valence electrons. The van der Waals surface area contributed by atoms with Crippen molar-refractivity contribution >= 4 is 27.8 Å². The van der Waals surface area contributed by atoms with Gasteiger partial charge in [-0.2, -0.15) is 0 Å².